The number of carbonyl (C=O) groups is 1. The highest BCUT2D eigenvalue weighted by Crippen LogP contribution is 2.17. The molecular formula is C7H6Cl2INO. The summed E-state index contributed by atoms with van der Waals surface area (Å²) in [5, 5.41) is -0.456. The van der Waals surface area contributed by atoms with Gasteiger partial charge in [-0.25, -0.2) is 0 Å². The molecule has 0 atom stereocenters. The van der Waals surface area contributed by atoms with Gasteiger partial charge < -0.3 is 5.73 Å². The molecular weight excluding hydrogens is 312 g/mol. The lowest BCUT2D eigenvalue weighted by Crippen LogP contribution is -1.93. The van der Waals surface area contributed by atoms with E-state index in [4.69, 9.17) is 17.3 Å². The molecule has 12 heavy (non-hydrogen) atoms. The zero-order valence-electron chi connectivity index (χ0n) is 5.88. The predicted octanol–water partition coefficient (Wildman–Crippen LogP) is 2.67. The normalized spacial score (nSPS) is 8.83. The first-order chi connectivity index (χ1) is 5.11. The van der Waals surface area contributed by atoms with E-state index in [-0.39, 0.29) is 12.4 Å². The zero-order valence-corrected chi connectivity index (χ0v) is 9.61. The summed E-state index contributed by atoms with van der Waals surface area (Å²) in [6.45, 7) is 0. The second-order valence-corrected chi connectivity index (χ2v) is 3.52. The van der Waals surface area contributed by atoms with Crippen LogP contribution in [0.15, 0.2) is 18.2 Å². The first-order valence-corrected chi connectivity index (χ1v) is 4.32. The summed E-state index contributed by atoms with van der Waals surface area (Å²) in [5.74, 6) is 0. The minimum atomic E-state index is -0.456. The van der Waals surface area contributed by atoms with Gasteiger partial charge in [0.05, 0.1) is 0 Å². The van der Waals surface area contributed by atoms with Crippen LogP contribution in [-0.4, -0.2) is 5.24 Å². The Hall–Kier alpha value is -0.000000000000000111. The van der Waals surface area contributed by atoms with Crippen molar-refractivity contribution in [1.29, 1.82) is 0 Å². The van der Waals surface area contributed by atoms with Gasteiger partial charge in [-0.2, -0.15) is 0 Å². The molecule has 0 spiro atoms. The molecule has 5 heteroatoms. The third-order valence-electron chi connectivity index (χ3n) is 1.23. The lowest BCUT2D eigenvalue weighted by Gasteiger charge is -1.98. The smallest absolute Gasteiger partial charge is 0.252 e. The van der Waals surface area contributed by atoms with E-state index < -0.39 is 5.24 Å². The fourth-order valence-corrected chi connectivity index (χ4v) is 1.28. The third-order valence-corrected chi connectivity index (χ3v) is 2.38. The van der Waals surface area contributed by atoms with Crippen molar-refractivity contribution in [3.8, 4) is 0 Å². The number of rotatable bonds is 1. The van der Waals surface area contributed by atoms with Crippen LogP contribution in [-0.2, 0) is 0 Å². The Balaban J connectivity index is 0.00000121. The van der Waals surface area contributed by atoms with Crippen molar-refractivity contribution >= 4 is 57.5 Å². The summed E-state index contributed by atoms with van der Waals surface area (Å²) >= 11 is 7.29. The molecule has 2 nitrogen and oxygen atoms in total. The Morgan fingerprint density at radius 2 is 2.08 bits per heavy atom. The molecule has 0 aromatic heterocycles. The number of hydrogen-bond acceptors (Lipinski definition) is 2. The summed E-state index contributed by atoms with van der Waals surface area (Å²) in [7, 11) is 0. The van der Waals surface area contributed by atoms with Crippen LogP contribution in [0.5, 0.6) is 0 Å². The van der Waals surface area contributed by atoms with Gasteiger partial charge in [0.1, 0.15) is 0 Å². The summed E-state index contributed by atoms with van der Waals surface area (Å²) in [6, 6.07) is 4.93. The van der Waals surface area contributed by atoms with Crippen molar-refractivity contribution in [3.63, 3.8) is 0 Å². The topological polar surface area (TPSA) is 43.1 Å². The molecule has 0 bridgehead atoms. The average molecular weight is 318 g/mol. The molecule has 1 aromatic rings. The van der Waals surface area contributed by atoms with Crippen molar-refractivity contribution in [1.82, 2.24) is 0 Å². The molecule has 1 rings (SSSR count). The molecule has 0 unspecified atom stereocenters. The number of nitrogen functional groups attached to an aromatic ring is 1. The second kappa shape index (κ2) is 4.89. The van der Waals surface area contributed by atoms with Gasteiger partial charge in [-0.3, -0.25) is 4.79 Å². The fourth-order valence-electron chi connectivity index (χ4n) is 0.649. The van der Waals surface area contributed by atoms with Crippen LogP contribution in [0, 0.1) is 3.57 Å². The van der Waals surface area contributed by atoms with Crippen LogP contribution >= 0.6 is 46.6 Å². The van der Waals surface area contributed by atoms with E-state index in [9.17, 15) is 4.79 Å². The van der Waals surface area contributed by atoms with E-state index in [1.165, 1.54) is 0 Å². The van der Waals surface area contributed by atoms with Crippen molar-refractivity contribution in [2.24, 2.45) is 0 Å². The van der Waals surface area contributed by atoms with E-state index in [1.807, 2.05) is 22.6 Å². The minimum Gasteiger partial charge on any atom is -0.398 e. The summed E-state index contributed by atoms with van der Waals surface area (Å²) in [4.78, 5) is 10.6. The quantitative estimate of drug-likeness (QED) is 0.491. The van der Waals surface area contributed by atoms with E-state index in [1.54, 1.807) is 18.2 Å². The van der Waals surface area contributed by atoms with Crippen molar-refractivity contribution in [2.45, 2.75) is 0 Å². The molecule has 0 fully saturated rings. The molecule has 0 saturated heterocycles. The lowest BCUT2D eigenvalue weighted by atomic mass is 10.2. The van der Waals surface area contributed by atoms with Crippen LogP contribution < -0.4 is 5.73 Å². The van der Waals surface area contributed by atoms with Gasteiger partial charge in [0.2, 0.25) is 0 Å². The van der Waals surface area contributed by atoms with Crippen molar-refractivity contribution in [3.05, 3.63) is 27.3 Å². The molecule has 1 aromatic carbocycles. The average Bonchev–Trinajstić information content (AvgIpc) is 1.94. The van der Waals surface area contributed by atoms with E-state index >= 15 is 0 Å². The number of carbonyl (C=O) groups excluding carboxylic acids is 1. The maximum Gasteiger partial charge on any atom is 0.252 e. The van der Waals surface area contributed by atoms with Crippen molar-refractivity contribution < 1.29 is 4.79 Å². The molecule has 0 radical (unpaired) electrons. The molecule has 0 heterocycles. The number of nitrogens with two attached hydrogens (primary N) is 1. The molecule has 2 N–H and O–H groups in total. The third kappa shape index (κ3) is 2.80. The summed E-state index contributed by atoms with van der Waals surface area (Å²) < 4.78 is 0.842. The van der Waals surface area contributed by atoms with Crippen LogP contribution in [0.1, 0.15) is 10.4 Å². The van der Waals surface area contributed by atoms with Gasteiger partial charge >= 0.3 is 0 Å². The van der Waals surface area contributed by atoms with E-state index in [0.717, 1.165) is 3.57 Å². The van der Waals surface area contributed by atoms with Crippen LogP contribution in [0.3, 0.4) is 0 Å². The van der Waals surface area contributed by atoms with Gasteiger partial charge in [-0.15, -0.1) is 12.4 Å². The number of anilines is 1. The first-order valence-electron chi connectivity index (χ1n) is 2.86. The number of halogens is 3. The Morgan fingerprint density at radius 3 is 2.50 bits per heavy atom. The highest BCUT2D eigenvalue weighted by atomic mass is 127. The van der Waals surface area contributed by atoms with Gasteiger partial charge in [-0.05, 0) is 52.4 Å². The molecule has 66 valence electrons. The molecule has 0 aliphatic heterocycles. The Labute approximate surface area is 95.0 Å². The van der Waals surface area contributed by atoms with Crippen LogP contribution in [0.4, 0.5) is 5.69 Å². The monoisotopic (exact) mass is 317 g/mol. The highest BCUT2D eigenvalue weighted by Gasteiger charge is 2.02. The van der Waals surface area contributed by atoms with E-state index in [0.29, 0.717) is 11.3 Å². The molecule has 0 aliphatic rings. The Morgan fingerprint density at radius 1 is 1.50 bits per heavy atom. The fraction of sp³-hybridized carbons (Fsp3) is 0. The van der Waals surface area contributed by atoms with Crippen LogP contribution in [0.25, 0.3) is 0 Å². The highest BCUT2D eigenvalue weighted by molar-refractivity contribution is 14.1. The van der Waals surface area contributed by atoms with Gasteiger partial charge in [0.15, 0.2) is 0 Å². The van der Waals surface area contributed by atoms with E-state index in [2.05, 4.69) is 0 Å². The summed E-state index contributed by atoms with van der Waals surface area (Å²) in [5.41, 5.74) is 6.66. The molecule has 0 amide bonds. The maximum absolute atomic E-state index is 10.6. The largest absolute Gasteiger partial charge is 0.398 e. The second-order valence-electron chi connectivity index (χ2n) is 2.01. The Bertz CT molecular complexity index is 303. The summed E-state index contributed by atoms with van der Waals surface area (Å²) in [6.07, 6.45) is 0. The Kier molecular flexibility index (Phi) is 4.89. The van der Waals surface area contributed by atoms with Gasteiger partial charge in [0.25, 0.3) is 5.24 Å². The van der Waals surface area contributed by atoms with Gasteiger partial charge in [-0.1, -0.05) is 0 Å². The number of benzene rings is 1. The van der Waals surface area contributed by atoms with Crippen molar-refractivity contribution in [2.75, 3.05) is 5.73 Å². The lowest BCUT2D eigenvalue weighted by molar-refractivity contribution is 0.108. The van der Waals surface area contributed by atoms with Gasteiger partial charge in [0, 0.05) is 14.8 Å². The standard InChI is InChI=1S/C7H5ClINO.ClH/c8-7(11)4-1-2-6(10)5(9)3-4;/h1-3H,10H2;1H. The minimum absolute atomic E-state index is 0. The van der Waals surface area contributed by atoms with Crippen LogP contribution in [0.2, 0.25) is 0 Å². The molecule has 0 saturated carbocycles. The maximum atomic E-state index is 10.6. The zero-order chi connectivity index (χ0) is 8.43. The SMILES string of the molecule is Cl.Nc1ccc(C(=O)Cl)cc1I. The first kappa shape index (κ1) is 12.0. The molecule has 0 aliphatic carbocycles. The number of hydrogen-bond donors (Lipinski definition) is 1. The predicted molar refractivity (Wildman–Crippen MR) is 61.0 cm³/mol.